The van der Waals surface area contributed by atoms with Gasteiger partial charge >= 0.3 is 12.0 Å². The molecule has 4 aromatic carbocycles. The second kappa shape index (κ2) is 17.1. The lowest BCUT2D eigenvalue weighted by atomic mass is 9.98. The van der Waals surface area contributed by atoms with Gasteiger partial charge in [0.1, 0.15) is 24.7 Å². The highest BCUT2D eigenvalue weighted by molar-refractivity contribution is 6.30. The monoisotopic (exact) mass is 727 g/mol. The van der Waals surface area contributed by atoms with Gasteiger partial charge in [-0.1, -0.05) is 115 Å². The van der Waals surface area contributed by atoms with Gasteiger partial charge in [-0.05, 0) is 28.8 Å². The number of carbonyl (C=O) groups is 4. The van der Waals surface area contributed by atoms with Gasteiger partial charge in [-0.15, -0.1) is 0 Å². The second-order valence-corrected chi connectivity index (χ2v) is 11.9. The van der Waals surface area contributed by atoms with Crippen LogP contribution in [0.3, 0.4) is 0 Å². The van der Waals surface area contributed by atoms with Gasteiger partial charge in [-0.25, -0.2) is 9.78 Å². The van der Waals surface area contributed by atoms with E-state index in [1.807, 2.05) is 0 Å². The maximum atomic E-state index is 15.4. The van der Waals surface area contributed by atoms with E-state index in [9.17, 15) is 24.0 Å². The molecule has 5 aromatic rings. The van der Waals surface area contributed by atoms with E-state index < -0.39 is 54.2 Å². The molecule has 3 N–H and O–H groups in total. The van der Waals surface area contributed by atoms with Crippen molar-refractivity contribution >= 4 is 41.0 Å². The Morgan fingerprint density at radius 2 is 1.44 bits per heavy atom. The van der Waals surface area contributed by atoms with Crippen molar-refractivity contribution in [2.75, 3.05) is 5.32 Å². The Morgan fingerprint density at radius 3 is 2.08 bits per heavy atom. The Balaban J connectivity index is 1.39. The average molecular weight is 728 g/mol. The maximum absolute atomic E-state index is 15.4. The molecule has 14 heteroatoms. The number of nitrogens with one attached hydrogen (secondary N) is 3. The molecule has 52 heavy (non-hydrogen) atoms. The highest BCUT2D eigenvalue weighted by Gasteiger charge is 2.50. The van der Waals surface area contributed by atoms with Crippen LogP contribution in [0.4, 0.5) is 19.3 Å². The SMILES string of the molecule is O=C(Cn1c(-c2cccc(Cl)c2)ncc(NC(=O)OCc2ccccc2)c1=O)NC(Cc1ccccc1)C(=O)C(F)(F)C(=O)NCc1ccccc1. The minimum absolute atomic E-state index is 0.0533. The molecule has 1 unspecified atom stereocenters. The summed E-state index contributed by atoms with van der Waals surface area (Å²) in [6, 6.07) is 29.5. The molecule has 0 aliphatic rings. The summed E-state index contributed by atoms with van der Waals surface area (Å²) in [7, 11) is 0. The summed E-state index contributed by atoms with van der Waals surface area (Å²) < 4.78 is 37.0. The Morgan fingerprint density at radius 1 is 0.827 bits per heavy atom. The molecule has 266 valence electrons. The van der Waals surface area contributed by atoms with Crippen LogP contribution in [0.5, 0.6) is 0 Å². The number of hydrogen-bond acceptors (Lipinski definition) is 7. The van der Waals surface area contributed by atoms with Crippen LogP contribution in [-0.2, 0) is 45.2 Å². The van der Waals surface area contributed by atoms with Crippen molar-refractivity contribution < 1.29 is 32.7 Å². The van der Waals surface area contributed by atoms with Crippen molar-refractivity contribution in [1.82, 2.24) is 20.2 Å². The molecule has 0 saturated heterocycles. The lowest BCUT2D eigenvalue weighted by Crippen LogP contribution is -2.55. The number of alkyl halides is 2. The van der Waals surface area contributed by atoms with Crippen molar-refractivity contribution in [3.63, 3.8) is 0 Å². The van der Waals surface area contributed by atoms with E-state index in [0.29, 0.717) is 22.3 Å². The minimum Gasteiger partial charge on any atom is -0.444 e. The topological polar surface area (TPSA) is 148 Å². The highest BCUT2D eigenvalue weighted by atomic mass is 35.5. The van der Waals surface area contributed by atoms with Crippen molar-refractivity contribution in [3.8, 4) is 11.4 Å². The van der Waals surface area contributed by atoms with Gasteiger partial charge < -0.3 is 15.4 Å². The van der Waals surface area contributed by atoms with E-state index in [0.717, 1.165) is 10.8 Å². The summed E-state index contributed by atoms with van der Waals surface area (Å²) in [4.78, 5) is 70.2. The molecule has 0 radical (unpaired) electrons. The Kier molecular flexibility index (Phi) is 12.2. The predicted octanol–water partition coefficient (Wildman–Crippen LogP) is 5.56. The Bertz CT molecular complexity index is 2100. The average Bonchev–Trinajstić information content (AvgIpc) is 3.15. The number of Topliss-reactive ketones (excluding diaryl/α,β-unsaturated/α-hetero) is 1. The predicted molar refractivity (Wildman–Crippen MR) is 190 cm³/mol. The first-order valence-electron chi connectivity index (χ1n) is 15.9. The number of halogens is 3. The van der Waals surface area contributed by atoms with E-state index in [-0.39, 0.29) is 29.7 Å². The number of amides is 3. The fourth-order valence-electron chi connectivity index (χ4n) is 5.11. The number of ketones is 1. The summed E-state index contributed by atoms with van der Waals surface area (Å²) >= 11 is 6.18. The normalized spacial score (nSPS) is 11.6. The lowest BCUT2D eigenvalue weighted by Gasteiger charge is -2.23. The molecule has 0 fully saturated rings. The molecule has 0 aliphatic carbocycles. The molecule has 1 heterocycles. The van der Waals surface area contributed by atoms with E-state index in [1.54, 1.807) is 109 Å². The highest BCUT2D eigenvalue weighted by Crippen LogP contribution is 2.22. The molecular weight excluding hydrogens is 696 g/mol. The first-order chi connectivity index (χ1) is 25.0. The summed E-state index contributed by atoms with van der Waals surface area (Å²) in [5.74, 6) is -9.31. The van der Waals surface area contributed by atoms with Crippen LogP contribution in [0.15, 0.2) is 126 Å². The van der Waals surface area contributed by atoms with Gasteiger partial charge in [0.25, 0.3) is 11.5 Å². The molecule has 3 amide bonds. The van der Waals surface area contributed by atoms with E-state index in [2.05, 4.69) is 20.9 Å². The smallest absolute Gasteiger partial charge is 0.412 e. The first kappa shape index (κ1) is 37.1. The summed E-state index contributed by atoms with van der Waals surface area (Å²) in [6.07, 6.45) is -0.293. The number of rotatable bonds is 14. The summed E-state index contributed by atoms with van der Waals surface area (Å²) in [6.45, 7) is -1.18. The molecule has 1 atom stereocenters. The summed E-state index contributed by atoms with van der Waals surface area (Å²) in [5, 5.41) is 6.98. The molecule has 0 saturated carbocycles. The first-order valence-corrected chi connectivity index (χ1v) is 16.3. The van der Waals surface area contributed by atoms with Gasteiger partial charge in [0.15, 0.2) is 0 Å². The van der Waals surface area contributed by atoms with Crippen molar-refractivity contribution in [1.29, 1.82) is 0 Å². The van der Waals surface area contributed by atoms with E-state index in [1.165, 1.54) is 6.07 Å². The van der Waals surface area contributed by atoms with Crippen molar-refractivity contribution in [3.05, 3.63) is 154 Å². The number of anilines is 1. The van der Waals surface area contributed by atoms with Gasteiger partial charge in [0, 0.05) is 23.6 Å². The van der Waals surface area contributed by atoms with Crippen LogP contribution in [0.25, 0.3) is 11.4 Å². The van der Waals surface area contributed by atoms with Crippen LogP contribution < -0.4 is 21.5 Å². The number of hydrogen-bond donors (Lipinski definition) is 3. The van der Waals surface area contributed by atoms with Crippen molar-refractivity contribution in [2.24, 2.45) is 0 Å². The quantitative estimate of drug-likeness (QED) is 0.127. The zero-order chi connectivity index (χ0) is 37.1. The Labute approximate surface area is 301 Å². The second-order valence-electron chi connectivity index (χ2n) is 11.5. The number of benzene rings is 4. The molecule has 0 bridgehead atoms. The third kappa shape index (κ3) is 9.73. The molecule has 11 nitrogen and oxygen atoms in total. The largest absolute Gasteiger partial charge is 0.444 e. The zero-order valence-electron chi connectivity index (χ0n) is 27.4. The third-order valence-corrected chi connectivity index (χ3v) is 7.94. The molecule has 1 aromatic heterocycles. The number of aromatic nitrogens is 2. The zero-order valence-corrected chi connectivity index (χ0v) is 28.2. The van der Waals surface area contributed by atoms with Gasteiger partial charge in [0.2, 0.25) is 11.7 Å². The van der Waals surface area contributed by atoms with Crippen LogP contribution in [0, 0.1) is 0 Å². The fourth-order valence-corrected chi connectivity index (χ4v) is 5.30. The summed E-state index contributed by atoms with van der Waals surface area (Å²) in [5.41, 5.74) is 0.710. The van der Waals surface area contributed by atoms with Gasteiger partial charge in [0.05, 0.1) is 12.2 Å². The molecule has 0 spiro atoms. The fraction of sp³-hybridized carbons (Fsp3) is 0.158. The van der Waals surface area contributed by atoms with Crippen LogP contribution >= 0.6 is 11.6 Å². The van der Waals surface area contributed by atoms with E-state index in [4.69, 9.17) is 16.3 Å². The molecule has 0 aliphatic heterocycles. The van der Waals surface area contributed by atoms with Crippen molar-refractivity contribution in [2.45, 2.75) is 38.1 Å². The maximum Gasteiger partial charge on any atom is 0.412 e. The van der Waals surface area contributed by atoms with Crippen LogP contribution in [0.1, 0.15) is 16.7 Å². The van der Waals surface area contributed by atoms with Crippen LogP contribution in [-0.4, -0.2) is 45.2 Å². The van der Waals surface area contributed by atoms with Gasteiger partial charge in [-0.2, -0.15) is 8.78 Å². The molecule has 5 rings (SSSR count). The van der Waals surface area contributed by atoms with Gasteiger partial charge in [-0.3, -0.25) is 29.1 Å². The lowest BCUT2D eigenvalue weighted by molar-refractivity contribution is -0.160. The Hall–Kier alpha value is -6.21. The number of nitrogens with zero attached hydrogens (tertiary/aromatic N) is 2. The minimum atomic E-state index is -4.53. The van der Waals surface area contributed by atoms with E-state index >= 15 is 8.78 Å². The number of ether oxygens (including phenoxy) is 1. The third-order valence-electron chi connectivity index (χ3n) is 7.71. The molecular formula is C38H32ClF2N5O6. The standard InChI is InChI=1S/C38H32ClF2N5O6/c39-29-18-10-17-28(20-29)34-42-22-31(45-37(51)52-24-27-15-8-3-9-16-27)35(49)46(34)23-32(47)44-30(19-25-11-4-1-5-12-25)33(48)38(40,41)36(50)43-21-26-13-6-2-7-14-26/h1-18,20,22,30H,19,21,23-24H2,(H,43,50)(H,44,47)(H,45,51). The number of carbonyl (C=O) groups excluding carboxylic acids is 4. The van der Waals surface area contributed by atoms with Crippen LogP contribution in [0.2, 0.25) is 5.02 Å².